The molecular formula is C21H22N4O6S. The van der Waals surface area contributed by atoms with Gasteiger partial charge in [-0.3, -0.25) is 15.0 Å². The van der Waals surface area contributed by atoms with Gasteiger partial charge in [-0.15, -0.1) is 0 Å². The highest BCUT2D eigenvalue weighted by atomic mass is 32.2. The van der Waals surface area contributed by atoms with E-state index in [1.165, 1.54) is 28.6 Å². The SMILES string of the molecule is COc1ccc(-c2cnc(CN3CCN(S(=O)(=O)c4ccccc4[N+](=O)[O-])CC3)o2)cc1. The molecule has 32 heavy (non-hydrogen) atoms. The Balaban J connectivity index is 1.39. The summed E-state index contributed by atoms with van der Waals surface area (Å²) in [5.41, 5.74) is 0.464. The molecule has 1 aromatic heterocycles. The zero-order valence-electron chi connectivity index (χ0n) is 17.4. The van der Waals surface area contributed by atoms with Gasteiger partial charge >= 0.3 is 0 Å². The number of hydrogen-bond donors (Lipinski definition) is 0. The lowest BCUT2D eigenvalue weighted by Crippen LogP contribution is -2.48. The summed E-state index contributed by atoms with van der Waals surface area (Å²) in [6.45, 7) is 1.80. The topological polar surface area (TPSA) is 119 Å². The lowest BCUT2D eigenvalue weighted by molar-refractivity contribution is -0.387. The van der Waals surface area contributed by atoms with Crippen LogP contribution >= 0.6 is 0 Å². The summed E-state index contributed by atoms with van der Waals surface area (Å²) in [5, 5.41) is 11.2. The predicted molar refractivity (Wildman–Crippen MR) is 116 cm³/mol. The zero-order chi connectivity index (χ0) is 22.7. The minimum absolute atomic E-state index is 0.223. The molecule has 168 valence electrons. The van der Waals surface area contributed by atoms with Crippen molar-refractivity contribution in [3.63, 3.8) is 0 Å². The Morgan fingerprint density at radius 1 is 1.09 bits per heavy atom. The summed E-state index contributed by atoms with van der Waals surface area (Å²) in [6, 6.07) is 12.9. The summed E-state index contributed by atoms with van der Waals surface area (Å²) in [5.74, 6) is 1.92. The summed E-state index contributed by atoms with van der Waals surface area (Å²) in [4.78, 5) is 16.6. The summed E-state index contributed by atoms with van der Waals surface area (Å²) in [6.07, 6.45) is 1.66. The van der Waals surface area contributed by atoms with Gasteiger partial charge in [0.05, 0.1) is 24.8 Å². The fraction of sp³-hybridized carbons (Fsp3) is 0.286. The fourth-order valence-corrected chi connectivity index (χ4v) is 5.14. The Morgan fingerprint density at radius 3 is 2.44 bits per heavy atom. The van der Waals surface area contributed by atoms with Gasteiger partial charge in [-0.25, -0.2) is 13.4 Å². The first-order chi connectivity index (χ1) is 15.4. The Morgan fingerprint density at radius 2 is 1.78 bits per heavy atom. The molecule has 3 aromatic rings. The molecule has 0 bridgehead atoms. The van der Waals surface area contributed by atoms with Crippen LogP contribution < -0.4 is 4.74 Å². The molecule has 1 aliphatic rings. The molecule has 0 radical (unpaired) electrons. The van der Waals surface area contributed by atoms with Gasteiger partial charge in [-0.1, -0.05) is 12.1 Å². The van der Waals surface area contributed by atoms with Crippen molar-refractivity contribution in [1.29, 1.82) is 0 Å². The number of nitrogens with zero attached hydrogens (tertiary/aromatic N) is 4. The number of nitro benzene ring substituents is 1. The molecule has 10 nitrogen and oxygen atoms in total. The first-order valence-corrected chi connectivity index (χ1v) is 11.4. The smallest absolute Gasteiger partial charge is 0.289 e. The van der Waals surface area contributed by atoms with Crippen molar-refractivity contribution in [3.8, 4) is 17.1 Å². The Bertz CT molecular complexity index is 1200. The van der Waals surface area contributed by atoms with Gasteiger partial charge in [0, 0.05) is 37.8 Å². The van der Waals surface area contributed by atoms with E-state index in [0.29, 0.717) is 31.3 Å². The van der Waals surface area contributed by atoms with Crippen LogP contribution in [-0.4, -0.2) is 60.8 Å². The van der Waals surface area contributed by atoms with Gasteiger partial charge in [0.2, 0.25) is 15.9 Å². The quantitative estimate of drug-likeness (QED) is 0.392. The minimum Gasteiger partial charge on any atom is -0.497 e. The molecule has 4 rings (SSSR count). The Kier molecular flexibility index (Phi) is 6.21. The second kappa shape index (κ2) is 9.07. The molecule has 0 amide bonds. The molecule has 0 unspecified atom stereocenters. The van der Waals surface area contributed by atoms with E-state index in [4.69, 9.17) is 9.15 Å². The van der Waals surface area contributed by atoms with E-state index in [9.17, 15) is 18.5 Å². The number of piperazine rings is 1. The standard InChI is InChI=1S/C21H22N4O6S/c1-30-17-8-6-16(7-9-17)19-14-22-21(31-19)15-23-10-12-24(13-11-23)32(28,29)20-5-3-2-4-18(20)25(26)27/h2-9,14H,10-13,15H2,1H3. The van der Waals surface area contributed by atoms with Crippen molar-refractivity contribution >= 4 is 15.7 Å². The number of methoxy groups -OCH3 is 1. The molecule has 0 aliphatic carbocycles. The van der Waals surface area contributed by atoms with E-state index < -0.39 is 20.6 Å². The summed E-state index contributed by atoms with van der Waals surface area (Å²) < 4.78 is 38.2. The van der Waals surface area contributed by atoms with Crippen LogP contribution in [0.15, 0.2) is 64.0 Å². The van der Waals surface area contributed by atoms with E-state index in [1.807, 2.05) is 29.2 Å². The average molecular weight is 458 g/mol. The highest BCUT2D eigenvalue weighted by Crippen LogP contribution is 2.27. The zero-order valence-corrected chi connectivity index (χ0v) is 18.2. The van der Waals surface area contributed by atoms with Gasteiger partial charge in [0.15, 0.2) is 10.7 Å². The number of aromatic nitrogens is 1. The van der Waals surface area contributed by atoms with E-state index in [1.54, 1.807) is 13.3 Å². The number of ether oxygens (including phenoxy) is 1. The maximum atomic E-state index is 12.9. The third kappa shape index (κ3) is 4.49. The molecule has 0 spiro atoms. The molecule has 11 heteroatoms. The van der Waals surface area contributed by atoms with E-state index in [-0.39, 0.29) is 18.0 Å². The summed E-state index contributed by atoms with van der Waals surface area (Å²) in [7, 11) is -2.35. The predicted octanol–water partition coefficient (Wildman–Crippen LogP) is 2.76. The molecular weight excluding hydrogens is 436 g/mol. The third-order valence-electron chi connectivity index (χ3n) is 5.30. The second-order valence-corrected chi connectivity index (χ2v) is 9.16. The number of para-hydroxylation sites is 1. The highest BCUT2D eigenvalue weighted by Gasteiger charge is 2.33. The Labute approximate surface area is 185 Å². The number of sulfonamides is 1. The molecule has 0 N–H and O–H groups in total. The average Bonchev–Trinajstić information content (AvgIpc) is 3.28. The minimum atomic E-state index is -3.96. The first-order valence-electron chi connectivity index (χ1n) is 9.93. The number of benzene rings is 2. The molecule has 2 heterocycles. The van der Waals surface area contributed by atoms with Crippen molar-refractivity contribution in [3.05, 3.63) is 70.7 Å². The van der Waals surface area contributed by atoms with Crippen LogP contribution in [0.3, 0.4) is 0 Å². The van der Waals surface area contributed by atoms with Crippen molar-refractivity contribution in [2.45, 2.75) is 11.4 Å². The van der Waals surface area contributed by atoms with Gasteiger partial charge in [0.1, 0.15) is 5.75 Å². The van der Waals surface area contributed by atoms with Crippen molar-refractivity contribution in [2.24, 2.45) is 0 Å². The third-order valence-corrected chi connectivity index (χ3v) is 7.24. The molecule has 1 saturated heterocycles. The largest absolute Gasteiger partial charge is 0.497 e. The van der Waals surface area contributed by atoms with Crippen LogP contribution in [0.5, 0.6) is 5.75 Å². The van der Waals surface area contributed by atoms with Crippen molar-refractivity contribution in [2.75, 3.05) is 33.3 Å². The summed E-state index contributed by atoms with van der Waals surface area (Å²) >= 11 is 0. The number of nitro groups is 1. The van der Waals surface area contributed by atoms with Gasteiger partial charge in [-0.2, -0.15) is 4.31 Å². The van der Waals surface area contributed by atoms with Crippen LogP contribution in [-0.2, 0) is 16.6 Å². The second-order valence-electron chi connectivity index (χ2n) is 7.25. The fourth-order valence-electron chi connectivity index (χ4n) is 3.56. The molecule has 2 aromatic carbocycles. The van der Waals surface area contributed by atoms with Crippen LogP contribution in [0.2, 0.25) is 0 Å². The first kappa shape index (κ1) is 21.9. The molecule has 1 aliphatic heterocycles. The van der Waals surface area contributed by atoms with Crippen LogP contribution in [0.25, 0.3) is 11.3 Å². The van der Waals surface area contributed by atoms with Gasteiger partial charge < -0.3 is 9.15 Å². The van der Waals surface area contributed by atoms with Crippen LogP contribution in [0, 0.1) is 10.1 Å². The number of rotatable bonds is 7. The molecule has 0 atom stereocenters. The lowest BCUT2D eigenvalue weighted by Gasteiger charge is -2.33. The van der Waals surface area contributed by atoms with Gasteiger partial charge in [0.25, 0.3) is 5.69 Å². The Hall–Kier alpha value is -3.28. The van der Waals surface area contributed by atoms with Crippen LogP contribution in [0.1, 0.15) is 5.89 Å². The highest BCUT2D eigenvalue weighted by molar-refractivity contribution is 7.89. The monoisotopic (exact) mass is 458 g/mol. The maximum Gasteiger partial charge on any atom is 0.289 e. The molecule has 1 fully saturated rings. The maximum absolute atomic E-state index is 12.9. The molecule has 0 saturated carbocycles. The van der Waals surface area contributed by atoms with E-state index in [0.717, 1.165) is 11.3 Å². The van der Waals surface area contributed by atoms with Crippen molar-refractivity contribution < 1.29 is 22.5 Å². The van der Waals surface area contributed by atoms with E-state index in [2.05, 4.69) is 4.98 Å². The normalized spacial score (nSPS) is 15.5. The number of oxazole rings is 1. The van der Waals surface area contributed by atoms with E-state index >= 15 is 0 Å². The van der Waals surface area contributed by atoms with Crippen LogP contribution in [0.4, 0.5) is 5.69 Å². The van der Waals surface area contributed by atoms with Crippen molar-refractivity contribution in [1.82, 2.24) is 14.2 Å². The van der Waals surface area contributed by atoms with Gasteiger partial charge in [-0.05, 0) is 30.3 Å². The number of hydrogen-bond acceptors (Lipinski definition) is 8. The lowest BCUT2D eigenvalue weighted by atomic mass is 10.2.